The zero-order chi connectivity index (χ0) is 14.1. The summed E-state index contributed by atoms with van der Waals surface area (Å²) in [6, 6.07) is 5.13. The van der Waals surface area contributed by atoms with Crippen molar-refractivity contribution in [3.63, 3.8) is 0 Å². The number of carbonyl (C=O) groups excluding carboxylic acids is 1. The Morgan fingerprint density at radius 2 is 2.16 bits per heavy atom. The van der Waals surface area contributed by atoms with E-state index in [1.807, 2.05) is 6.07 Å². The molecule has 1 N–H and O–H groups in total. The van der Waals surface area contributed by atoms with Crippen LogP contribution < -0.4 is 5.32 Å². The highest BCUT2D eigenvalue weighted by molar-refractivity contribution is 5.92. The first-order chi connectivity index (χ1) is 9.21. The van der Waals surface area contributed by atoms with E-state index < -0.39 is 0 Å². The molecular formula is C14H20N4O. The predicted molar refractivity (Wildman–Crippen MR) is 73.7 cm³/mol. The van der Waals surface area contributed by atoms with Crippen molar-refractivity contribution in [2.24, 2.45) is 0 Å². The van der Waals surface area contributed by atoms with Crippen LogP contribution in [0.4, 0.5) is 0 Å². The average molecular weight is 260 g/mol. The summed E-state index contributed by atoms with van der Waals surface area (Å²) in [7, 11) is 0. The SMILES string of the molecule is CCN(CC)CCCNC(=O)c1ccc(C#N)cn1. The van der Waals surface area contributed by atoms with Gasteiger partial charge in [-0.1, -0.05) is 13.8 Å². The van der Waals surface area contributed by atoms with E-state index in [1.54, 1.807) is 12.1 Å². The summed E-state index contributed by atoms with van der Waals surface area (Å²) in [6.07, 6.45) is 2.33. The van der Waals surface area contributed by atoms with Crippen molar-refractivity contribution in [1.82, 2.24) is 15.2 Å². The number of aromatic nitrogens is 1. The van der Waals surface area contributed by atoms with Gasteiger partial charge in [-0.3, -0.25) is 4.79 Å². The molecule has 0 saturated heterocycles. The van der Waals surface area contributed by atoms with Gasteiger partial charge in [0.25, 0.3) is 5.91 Å². The number of hydrogen-bond donors (Lipinski definition) is 1. The van der Waals surface area contributed by atoms with Gasteiger partial charge in [0.1, 0.15) is 11.8 Å². The second-order valence-corrected chi connectivity index (χ2v) is 4.18. The molecule has 0 atom stereocenters. The van der Waals surface area contributed by atoms with Crippen LogP contribution in [0.5, 0.6) is 0 Å². The molecule has 0 aliphatic carbocycles. The van der Waals surface area contributed by atoms with Crippen LogP contribution in [0, 0.1) is 11.3 Å². The highest BCUT2D eigenvalue weighted by Gasteiger charge is 2.06. The monoisotopic (exact) mass is 260 g/mol. The zero-order valence-electron chi connectivity index (χ0n) is 11.5. The van der Waals surface area contributed by atoms with E-state index in [0.29, 0.717) is 17.8 Å². The van der Waals surface area contributed by atoms with Crippen LogP contribution >= 0.6 is 0 Å². The van der Waals surface area contributed by atoms with Crippen molar-refractivity contribution in [2.75, 3.05) is 26.2 Å². The third-order valence-electron chi connectivity index (χ3n) is 2.96. The molecule has 5 heteroatoms. The molecule has 0 spiro atoms. The largest absolute Gasteiger partial charge is 0.351 e. The fourth-order valence-electron chi connectivity index (χ4n) is 1.73. The Morgan fingerprint density at radius 3 is 2.68 bits per heavy atom. The lowest BCUT2D eigenvalue weighted by Gasteiger charge is -2.17. The lowest BCUT2D eigenvalue weighted by atomic mass is 10.2. The molecule has 0 unspecified atom stereocenters. The summed E-state index contributed by atoms with van der Waals surface area (Å²) in [6.45, 7) is 7.93. The Hall–Kier alpha value is -1.93. The summed E-state index contributed by atoms with van der Waals surface area (Å²) in [5, 5.41) is 11.5. The first kappa shape index (κ1) is 15.1. The lowest BCUT2D eigenvalue weighted by molar-refractivity contribution is 0.0947. The number of amides is 1. The first-order valence-corrected chi connectivity index (χ1v) is 6.58. The Morgan fingerprint density at radius 1 is 1.42 bits per heavy atom. The Kier molecular flexibility index (Phi) is 6.55. The Labute approximate surface area is 114 Å². The minimum absolute atomic E-state index is 0.191. The molecule has 1 amide bonds. The smallest absolute Gasteiger partial charge is 0.269 e. The van der Waals surface area contributed by atoms with Crippen LogP contribution in [0.3, 0.4) is 0 Å². The van der Waals surface area contributed by atoms with Crippen molar-refractivity contribution in [1.29, 1.82) is 5.26 Å². The van der Waals surface area contributed by atoms with E-state index in [0.717, 1.165) is 26.1 Å². The summed E-state index contributed by atoms with van der Waals surface area (Å²) < 4.78 is 0. The molecule has 0 saturated carbocycles. The van der Waals surface area contributed by atoms with Crippen LogP contribution in [0.1, 0.15) is 36.3 Å². The number of hydrogen-bond acceptors (Lipinski definition) is 4. The van der Waals surface area contributed by atoms with Gasteiger partial charge < -0.3 is 10.2 Å². The van der Waals surface area contributed by atoms with Crippen molar-refractivity contribution in [3.8, 4) is 6.07 Å². The number of nitrogens with zero attached hydrogens (tertiary/aromatic N) is 3. The molecule has 0 aliphatic heterocycles. The normalized spacial score (nSPS) is 10.2. The quantitative estimate of drug-likeness (QED) is 0.753. The molecule has 102 valence electrons. The van der Waals surface area contributed by atoms with Crippen molar-refractivity contribution < 1.29 is 4.79 Å². The molecule has 1 aromatic rings. The standard InChI is InChI=1S/C14H20N4O/c1-3-18(4-2)9-5-8-16-14(19)13-7-6-12(10-15)11-17-13/h6-7,11H,3-5,8-9H2,1-2H3,(H,16,19). The molecule has 0 fully saturated rings. The van der Waals surface area contributed by atoms with Crippen molar-refractivity contribution in [2.45, 2.75) is 20.3 Å². The van der Waals surface area contributed by atoms with Crippen LogP contribution in [-0.2, 0) is 0 Å². The minimum Gasteiger partial charge on any atom is -0.351 e. The maximum Gasteiger partial charge on any atom is 0.269 e. The van der Waals surface area contributed by atoms with Crippen LogP contribution in [0.25, 0.3) is 0 Å². The number of carbonyl (C=O) groups is 1. The molecule has 1 rings (SSSR count). The van der Waals surface area contributed by atoms with Crippen molar-refractivity contribution >= 4 is 5.91 Å². The molecule has 19 heavy (non-hydrogen) atoms. The molecule has 1 heterocycles. The zero-order valence-corrected chi connectivity index (χ0v) is 11.5. The summed E-state index contributed by atoms with van der Waals surface area (Å²) in [4.78, 5) is 18.0. The lowest BCUT2D eigenvalue weighted by Crippen LogP contribution is -2.30. The van der Waals surface area contributed by atoms with E-state index in [1.165, 1.54) is 6.20 Å². The highest BCUT2D eigenvalue weighted by Crippen LogP contribution is 1.98. The van der Waals surface area contributed by atoms with Gasteiger partial charge in [-0.05, 0) is 38.2 Å². The number of nitrogens with one attached hydrogen (secondary N) is 1. The highest BCUT2D eigenvalue weighted by atomic mass is 16.1. The van der Waals surface area contributed by atoms with Gasteiger partial charge >= 0.3 is 0 Å². The Bertz CT molecular complexity index is 432. The number of nitriles is 1. The number of pyridine rings is 1. The van der Waals surface area contributed by atoms with Crippen molar-refractivity contribution in [3.05, 3.63) is 29.6 Å². The predicted octanol–water partition coefficient (Wildman–Crippen LogP) is 1.41. The van der Waals surface area contributed by atoms with E-state index in [-0.39, 0.29) is 5.91 Å². The molecule has 0 bridgehead atoms. The third-order valence-corrected chi connectivity index (χ3v) is 2.96. The topological polar surface area (TPSA) is 69.0 Å². The average Bonchev–Trinajstić information content (AvgIpc) is 2.47. The summed E-state index contributed by atoms with van der Waals surface area (Å²) in [5.41, 5.74) is 0.805. The van der Waals surface area contributed by atoms with Crippen LogP contribution in [0.15, 0.2) is 18.3 Å². The van der Waals surface area contributed by atoms with E-state index in [2.05, 4.69) is 29.0 Å². The van der Waals surface area contributed by atoms with Gasteiger partial charge in [0.2, 0.25) is 0 Å². The third kappa shape index (κ3) is 5.06. The van der Waals surface area contributed by atoms with Gasteiger partial charge in [0.15, 0.2) is 0 Å². The minimum atomic E-state index is -0.191. The maximum absolute atomic E-state index is 11.8. The number of rotatable bonds is 7. The molecule has 0 aliphatic rings. The fraction of sp³-hybridized carbons (Fsp3) is 0.500. The molecular weight excluding hydrogens is 240 g/mol. The van der Waals surface area contributed by atoms with E-state index in [9.17, 15) is 4.79 Å². The van der Waals surface area contributed by atoms with Gasteiger partial charge in [-0.2, -0.15) is 5.26 Å². The second kappa shape index (κ2) is 8.22. The van der Waals surface area contributed by atoms with Gasteiger partial charge in [0.05, 0.1) is 5.56 Å². The fourth-order valence-corrected chi connectivity index (χ4v) is 1.73. The van der Waals surface area contributed by atoms with E-state index >= 15 is 0 Å². The van der Waals surface area contributed by atoms with Gasteiger partial charge in [-0.25, -0.2) is 4.98 Å². The summed E-state index contributed by atoms with van der Waals surface area (Å²) >= 11 is 0. The summed E-state index contributed by atoms with van der Waals surface area (Å²) in [5.74, 6) is -0.191. The molecule has 5 nitrogen and oxygen atoms in total. The molecule has 0 aromatic carbocycles. The maximum atomic E-state index is 11.8. The second-order valence-electron chi connectivity index (χ2n) is 4.18. The Balaban J connectivity index is 2.33. The van der Waals surface area contributed by atoms with Gasteiger partial charge in [0, 0.05) is 12.7 Å². The van der Waals surface area contributed by atoms with Crippen LogP contribution in [0.2, 0.25) is 0 Å². The van der Waals surface area contributed by atoms with Gasteiger partial charge in [-0.15, -0.1) is 0 Å². The van der Waals surface area contributed by atoms with E-state index in [4.69, 9.17) is 5.26 Å². The molecule has 0 radical (unpaired) electrons. The molecule has 1 aromatic heterocycles. The first-order valence-electron chi connectivity index (χ1n) is 6.58. The van der Waals surface area contributed by atoms with Crippen LogP contribution in [-0.4, -0.2) is 42.0 Å².